The minimum Gasteiger partial charge on any atom is -0.490 e. The molecule has 1 aliphatic heterocycles. The maximum absolute atomic E-state index is 14.3. The van der Waals surface area contributed by atoms with Gasteiger partial charge in [-0.2, -0.15) is 0 Å². The molecule has 2 N–H and O–H groups in total. The lowest BCUT2D eigenvalue weighted by atomic mass is 10.0. The predicted octanol–water partition coefficient (Wildman–Crippen LogP) is 5.51. The quantitative estimate of drug-likeness (QED) is 0.363. The van der Waals surface area contributed by atoms with E-state index in [0.717, 1.165) is 19.3 Å². The molecule has 0 radical (unpaired) electrons. The highest BCUT2D eigenvalue weighted by Crippen LogP contribution is 2.29. The molecule has 4 atom stereocenters. The third-order valence-corrected chi connectivity index (χ3v) is 8.17. The molecule has 0 spiro atoms. The number of hydrogen-bond acceptors (Lipinski definition) is 6. The van der Waals surface area contributed by atoms with Crippen molar-refractivity contribution in [2.45, 2.75) is 58.3 Å². The summed E-state index contributed by atoms with van der Waals surface area (Å²) >= 11 is 0. The van der Waals surface area contributed by atoms with Crippen LogP contribution in [0.4, 0.5) is 5.69 Å². The summed E-state index contributed by atoms with van der Waals surface area (Å²) in [6, 6.07) is 22.6. The number of nitrogens with one attached hydrogen (secondary N) is 1. The molecular weight excluding hydrogens is 570 g/mol. The molecule has 1 heterocycles. The Balaban J connectivity index is 1.63. The van der Waals surface area contributed by atoms with Gasteiger partial charge in [0.25, 0.3) is 17.7 Å². The SMILES string of the molecule is C[C@H]1CCCCO[C@@H](CN(C)C(=O)c2ccccc2)[C@@H](C)CN([C@@H](C)CO)C(=O)c2cc(NC(=O)c3ccccc3)ccc2O1. The normalized spacial score (nSPS) is 20.2. The Hall–Kier alpha value is -4.21. The fourth-order valence-electron chi connectivity index (χ4n) is 5.41. The lowest BCUT2D eigenvalue weighted by molar-refractivity contribution is -0.0149. The van der Waals surface area contributed by atoms with Crippen molar-refractivity contribution in [1.82, 2.24) is 9.80 Å². The van der Waals surface area contributed by atoms with Gasteiger partial charge in [-0.05, 0) is 75.6 Å². The molecule has 45 heavy (non-hydrogen) atoms. The second-order valence-corrected chi connectivity index (χ2v) is 11.9. The number of anilines is 1. The Morgan fingerprint density at radius 3 is 2.33 bits per heavy atom. The van der Waals surface area contributed by atoms with Crippen LogP contribution < -0.4 is 10.1 Å². The van der Waals surface area contributed by atoms with E-state index in [0.29, 0.717) is 41.3 Å². The van der Waals surface area contributed by atoms with Gasteiger partial charge in [-0.25, -0.2) is 0 Å². The lowest BCUT2D eigenvalue weighted by Gasteiger charge is -2.36. The predicted molar refractivity (Wildman–Crippen MR) is 175 cm³/mol. The Labute approximate surface area is 266 Å². The average molecular weight is 616 g/mol. The average Bonchev–Trinajstić information content (AvgIpc) is 3.06. The number of rotatable bonds is 7. The Morgan fingerprint density at radius 2 is 1.67 bits per heavy atom. The summed E-state index contributed by atoms with van der Waals surface area (Å²) in [5, 5.41) is 13.1. The highest BCUT2D eigenvalue weighted by atomic mass is 16.5. The van der Waals surface area contributed by atoms with E-state index in [1.165, 1.54) is 0 Å². The second-order valence-electron chi connectivity index (χ2n) is 11.9. The number of carbonyl (C=O) groups excluding carboxylic acids is 3. The van der Waals surface area contributed by atoms with Gasteiger partial charge in [0.1, 0.15) is 5.75 Å². The first-order chi connectivity index (χ1) is 21.7. The maximum atomic E-state index is 14.3. The van der Waals surface area contributed by atoms with E-state index < -0.39 is 6.04 Å². The molecule has 0 bridgehead atoms. The van der Waals surface area contributed by atoms with Gasteiger partial charge < -0.3 is 29.7 Å². The number of benzene rings is 3. The third-order valence-electron chi connectivity index (χ3n) is 8.17. The molecule has 9 heteroatoms. The van der Waals surface area contributed by atoms with Crippen molar-refractivity contribution in [3.05, 3.63) is 95.6 Å². The molecular formula is C36H45N3O6. The zero-order valence-electron chi connectivity index (χ0n) is 26.6. The largest absolute Gasteiger partial charge is 0.490 e. The first kappa shape index (κ1) is 33.7. The van der Waals surface area contributed by atoms with E-state index in [-0.39, 0.29) is 49.0 Å². The van der Waals surface area contributed by atoms with Crippen LogP contribution in [0.3, 0.4) is 0 Å². The van der Waals surface area contributed by atoms with Crippen molar-refractivity contribution < 1.29 is 29.0 Å². The number of amides is 3. The van der Waals surface area contributed by atoms with Gasteiger partial charge in [-0.1, -0.05) is 43.3 Å². The van der Waals surface area contributed by atoms with E-state index in [9.17, 15) is 19.5 Å². The summed E-state index contributed by atoms with van der Waals surface area (Å²) in [5.41, 5.74) is 1.85. The number of ether oxygens (including phenoxy) is 2. The number of hydrogen-bond donors (Lipinski definition) is 2. The lowest BCUT2D eigenvalue weighted by Crippen LogP contribution is -2.48. The Kier molecular flexibility index (Phi) is 12.1. The van der Waals surface area contributed by atoms with Crippen LogP contribution in [0.2, 0.25) is 0 Å². The van der Waals surface area contributed by atoms with Crippen LogP contribution in [0.15, 0.2) is 78.9 Å². The second kappa shape index (κ2) is 16.2. The standard InChI is InChI=1S/C36H45N3O6/c1-25-22-39(26(2)24-40)36(43)31-21-30(37-34(41)28-14-7-5-8-15-28)18-19-32(31)45-27(3)13-11-12-20-44-33(25)23-38(4)35(42)29-16-9-6-10-17-29/h5-10,14-19,21,25-27,33,40H,11-13,20,22-24H2,1-4H3,(H,37,41)/t25-,26-,27-,33-/m0/s1. The minimum atomic E-state index is -0.509. The Morgan fingerprint density at radius 1 is 1.00 bits per heavy atom. The highest BCUT2D eigenvalue weighted by molar-refractivity contribution is 6.05. The minimum absolute atomic E-state index is 0.104. The Bertz CT molecular complexity index is 1420. The summed E-state index contributed by atoms with van der Waals surface area (Å²) in [6.45, 7) is 6.64. The van der Waals surface area contributed by atoms with Crippen LogP contribution in [0.5, 0.6) is 5.75 Å². The molecule has 0 saturated carbocycles. The molecule has 3 aromatic rings. The van der Waals surface area contributed by atoms with Gasteiger partial charge in [-0.3, -0.25) is 14.4 Å². The fraction of sp³-hybridized carbons (Fsp3) is 0.417. The summed E-state index contributed by atoms with van der Waals surface area (Å²) in [5.74, 6) is -0.479. The van der Waals surface area contributed by atoms with E-state index in [2.05, 4.69) is 5.32 Å². The van der Waals surface area contributed by atoms with Gasteiger partial charge >= 0.3 is 0 Å². The number of fused-ring (bicyclic) bond motifs is 1. The van der Waals surface area contributed by atoms with Crippen molar-refractivity contribution in [2.75, 3.05) is 38.7 Å². The number of nitrogens with zero attached hydrogens (tertiary/aromatic N) is 2. The van der Waals surface area contributed by atoms with Crippen LogP contribution in [-0.2, 0) is 4.74 Å². The molecule has 240 valence electrons. The monoisotopic (exact) mass is 615 g/mol. The fourth-order valence-corrected chi connectivity index (χ4v) is 5.41. The van der Waals surface area contributed by atoms with Crippen molar-refractivity contribution in [3.8, 4) is 5.75 Å². The first-order valence-electron chi connectivity index (χ1n) is 15.7. The van der Waals surface area contributed by atoms with Gasteiger partial charge in [0.15, 0.2) is 0 Å². The van der Waals surface area contributed by atoms with Crippen LogP contribution in [0, 0.1) is 5.92 Å². The molecule has 3 amide bonds. The van der Waals surface area contributed by atoms with E-state index in [4.69, 9.17) is 9.47 Å². The molecule has 9 nitrogen and oxygen atoms in total. The molecule has 0 aliphatic carbocycles. The molecule has 3 aromatic carbocycles. The third kappa shape index (κ3) is 9.15. The van der Waals surface area contributed by atoms with Crippen molar-refractivity contribution in [3.63, 3.8) is 0 Å². The molecule has 0 fully saturated rings. The van der Waals surface area contributed by atoms with Crippen LogP contribution in [0.25, 0.3) is 0 Å². The van der Waals surface area contributed by atoms with Crippen LogP contribution in [0.1, 0.15) is 71.1 Å². The number of likely N-dealkylation sites (N-methyl/N-ethyl adjacent to an activating group) is 1. The molecule has 1 aliphatic rings. The number of aliphatic hydroxyl groups excluding tert-OH is 1. The summed E-state index contributed by atoms with van der Waals surface area (Å²) in [4.78, 5) is 43.7. The zero-order chi connectivity index (χ0) is 32.3. The maximum Gasteiger partial charge on any atom is 0.258 e. The molecule has 0 unspecified atom stereocenters. The van der Waals surface area contributed by atoms with Crippen molar-refractivity contribution in [1.29, 1.82) is 0 Å². The van der Waals surface area contributed by atoms with Gasteiger partial charge in [0.05, 0.1) is 30.4 Å². The highest BCUT2D eigenvalue weighted by Gasteiger charge is 2.31. The molecule has 0 saturated heterocycles. The van der Waals surface area contributed by atoms with Crippen LogP contribution in [-0.4, -0.2) is 84.2 Å². The summed E-state index contributed by atoms with van der Waals surface area (Å²) in [7, 11) is 1.76. The molecule has 4 rings (SSSR count). The van der Waals surface area contributed by atoms with E-state index >= 15 is 0 Å². The summed E-state index contributed by atoms with van der Waals surface area (Å²) in [6.07, 6.45) is 1.92. The van der Waals surface area contributed by atoms with Crippen molar-refractivity contribution >= 4 is 23.4 Å². The summed E-state index contributed by atoms with van der Waals surface area (Å²) < 4.78 is 12.7. The topological polar surface area (TPSA) is 108 Å². The number of aliphatic hydroxyl groups is 1. The first-order valence-corrected chi connectivity index (χ1v) is 15.7. The van der Waals surface area contributed by atoms with Gasteiger partial charge in [0, 0.05) is 49.5 Å². The number of carbonyl (C=O) groups is 3. The smallest absolute Gasteiger partial charge is 0.258 e. The van der Waals surface area contributed by atoms with Crippen LogP contribution >= 0.6 is 0 Å². The van der Waals surface area contributed by atoms with Gasteiger partial charge in [-0.15, -0.1) is 0 Å². The van der Waals surface area contributed by atoms with E-state index in [1.54, 1.807) is 78.4 Å². The van der Waals surface area contributed by atoms with Crippen molar-refractivity contribution in [2.24, 2.45) is 5.92 Å². The van der Waals surface area contributed by atoms with Gasteiger partial charge in [0.2, 0.25) is 0 Å². The van der Waals surface area contributed by atoms with E-state index in [1.807, 2.05) is 38.1 Å². The zero-order valence-corrected chi connectivity index (χ0v) is 26.6. The molecule has 0 aromatic heterocycles.